The molecule has 0 aromatic heterocycles. The van der Waals surface area contributed by atoms with Gasteiger partial charge >= 0.3 is 0 Å². The summed E-state index contributed by atoms with van der Waals surface area (Å²) in [6, 6.07) is 4.77. The number of hydrogen-bond acceptors (Lipinski definition) is 3. The number of nitrogens with two attached hydrogens (primary N) is 1. The maximum absolute atomic E-state index is 13.1. The van der Waals surface area contributed by atoms with Gasteiger partial charge in [-0.15, -0.1) is 0 Å². The van der Waals surface area contributed by atoms with Crippen LogP contribution in [0.15, 0.2) is 18.2 Å². The average Bonchev–Trinajstić information content (AvgIpc) is 2.28. The lowest BCUT2D eigenvalue weighted by molar-refractivity contribution is 0.110. The van der Waals surface area contributed by atoms with Gasteiger partial charge in [0.05, 0.1) is 11.4 Å². The minimum Gasteiger partial charge on any atom is -0.395 e. The lowest BCUT2D eigenvalue weighted by Crippen LogP contribution is -2.09. The van der Waals surface area contributed by atoms with Crippen LogP contribution in [0.5, 0.6) is 0 Å². The quantitative estimate of drug-likeness (QED) is 0.569. The minimum atomic E-state index is -0.383. The molecule has 96 valence electrons. The maximum Gasteiger partial charge on any atom is 0.148 e. The Balaban J connectivity index is 2.20. The molecule has 0 atom stereocenters. The second-order valence-electron chi connectivity index (χ2n) is 4.45. The Morgan fingerprint density at radius 2 is 2.18 bits per heavy atom. The summed E-state index contributed by atoms with van der Waals surface area (Å²) in [4.78, 5) is 0. The molecule has 0 amide bonds. The second-order valence-corrected chi connectivity index (χ2v) is 4.45. The molecule has 0 radical (unpaired) electrons. The molecule has 1 aromatic rings. The number of halogens is 1. The van der Waals surface area contributed by atoms with E-state index in [-0.39, 0.29) is 11.5 Å². The van der Waals surface area contributed by atoms with Crippen LogP contribution in [0.4, 0.5) is 15.8 Å². The Hall–Kier alpha value is -1.29. The first kappa shape index (κ1) is 13.8. The van der Waals surface area contributed by atoms with E-state index in [1.165, 1.54) is 6.07 Å². The number of para-hydroxylation sites is 1. The van der Waals surface area contributed by atoms with E-state index >= 15 is 0 Å². The van der Waals surface area contributed by atoms with Crippen LogP contribution in [-0.2, 0) is 4.74 Å². The molecule has 3 N–H and O–H groups in total. The van der Waals surface area contributed by atoms with Gasteiger partial charge < -0.3 is 15.8 Å². The third kappa shape index (κ3) is 5.04. The summed E-state index contributed by atoms with van der Waals surface area (Å²) in [5.41, 5.74) is 6.42. The molecule has 0 heterocycles. The van der Waals surface area contributed by atoms with Crippen molar-refractivity contribution in [2.45, 2.75) is 20.3 Å². The van der Waals surface area contributed by atoms with Crippen molar-refractivity contribution < 1.29 is 9.13 Å². The zero-order valence-electron chi connectivity index (χ0n) is 10.5. The van der Waals surface area contributed by atoms with Crippen LogP contribution in [0.3, 0.4) is 0 Å². The van der Waals surface area contributed by atoms with Crippen LogP contribution in [0.2, 0.25) is 0 Å². The largest absolute Gasteiger partial charge is 0.395 e. The Bertz CT molecular complexity index is 342. The van der Waals surface area contributed by atoms with E-state index in [1.807, 2.05) is 0 Å². The predicted molar refractivity (Wildman–Crippen MR) is 69.6 cm³/mol. The molecule has 0 unspecified atom stereocenters. The summed E-state index contributed by atoms with van der Waals surface area (Å²) in [5, 5.41) is 3.10. The highest BCUT2D eigenvalue weighted by molar-refractivity contribution is 5.66. The van der Waals surface area contributed by atoms with Crippen molar-refractivity contribution >= 4 is 11.4 Å². The topological polar surface area (TPSA) is 47.3 Å². The van der Waals surface area contributed by atoms with E-state index in [1.54, 1.807) is 12.1 Å². The third-order valence-electron chi connectivity index (χ3n) is 2.29. The van der Waals surface area contributed by atoms with Crippen molar-refractivity contribution in [2.24, 2.45) is 5.92 Å². The molecule has 0 saturated carbocycles. The molecule has 0 saturated heterocycles. The van der Waals surface area contributed by atoms with Gasteiger partial charge in [-0.05, 0) is 24.5 Å². The van der Waals surface area contributed by atoms with Crippen LogP contribution in [-0.4, -0.2) is 19.8 Å². The lowest BCUT2D eigenvalue weighted by Gasteiger charge is -2.10. The number of benzene rings is 1. The number of anilines is 2. The molecule has 1 aromatic carbocycles. The van der Waals surface area contributed by atoms with Gasteiger partial charge in [-0.25, -0.2) is 4.39 Å². The van der Waals surface area contributed by atoms with Crippen LogP contribution >= 0.6 is 0 Å². The van der Waals surface area contributed by atoms with Crippen molar-refractivity contribution in [1.29, 1.82) is 0 Å². The maximum atomic E-state index is 13.1. The summed E-state index contributed by atoms with van der Waals surface area (Å²) >= 11 is 0. The fourth-order valence-corrected chi connectivity index (χ4v) is 1.41. The fraction of sp³-hybridized carbons (Fsp3) is 0.538. The highest BCUT2D eigenvalue weighted by Crippen LogP contribution is 2.20. The molecule has 1 rings (SSSR count). The number of hydrogen-bond donors (Lipinski definition) is 2. The summed E-state index contributed by atoms with van der Waals surface area (Å²) in [5.74, 6) is 0.174. The molecular weight excluding hydrogens is 219 g/mol. The van der Waals surface area contributed by atoms with Gasteiger partial charge in [-0.3, -0.25) is 0 Å². The number of nitrogens with one attached hydrogen (secondary N) is 1. The van der Waals surface area contributed by atoms with Gasteiger partial charge in [0, 0.05) is 19.8 Å². The molecular formula is C13H21FN2O. The Morgan fingerprint density at radius 1 is 1.41 bits per heavy atom. The summed E-state index contributed by atoms with van der Waals surface area (Å²) < 4.78 is 18.5. The molecule has 0 aliphatic carbocycles. The number of nitrogen functional groups attached to an aromatic ring is 1. The zero-order valence-corrected chi connectivity index (χ0v) is 10.5. The lowest BCUT2D eigenvalue weighted by atomic mass is 10.2. The van der Waals surface area contributed by atoms with E-state index in [4.69, 9.17) is 10.5 Å². The Morgan fingerprint density at radius 3 is 2.88 bits per heavy atom. The van der Waals surface area contributed by atoms with Crippen molar-refractivity contribution in [1.82, 2.24) is 0 Å². The van der Waals surface area contributed by atoms with Gasteiger partial charge in [-0.2, -0.15) is 0 Å². The van der Waals surface area contributed by atoms with Gasteiger partial charge in [0.25, 0.3) is 0 Å². The third-order valence-corrected chi connectivity index (χ3v) is 2.29. The van der Waals surface area contributed by atoms with Crippen LogP contribution in [0, 0.1) is 11.7 Å². The monoisotopic (exact) mass is 240 g/mol. The Kier molecular flexibility index (Phi) is 5.77. The van der Waals surface area contributed by atoms with E-state index < -0.39 is 0 Å². The first-order chi connectivity index (χ1) is 8.11. The molecule has 0 spiro atoms. The highest BCUT2D eigenvalue weighted by Gasteiger charge is 2.02. The first-order valence-corrected chi connectivity index (χ1v) is 5.97. The standard InChI is InChI=1S/C13H21FN2O/c1-10(2)9-17-8-4-7-16-12-6-3-5-11(14)13(12)15/h3,5-6,10,16H,4,7-9,15H2,1-2H3. The Labute approximate surface area is 102 Å². The molecule has 17 heavy (non-hydrogen) atoms. The van der Waals surface area contributed by atoms with Crippen LogP contribution < -0.4 is 11.1 Å². The molecule has 0 aliphatic rings. The van der Waals surface area contributed by atoms with Crippen LogP contribution in [0.25, 0.3) is 0 Å². The second kappa shape index (κ2) is 7.12. The van der Waals surface area contributed by atoms with Crippen molar-refractivity contribution in [3.63, 3.8) is 0 Å². The van der Waals surface area contributed by atoms with Gasteiger partial charge in [0.1, 0.15) is 5.82 Å². The first-order valence-electron chi connectivity index (χ1n) is 5.97. The average molecular weight is 240 g/mol. The SMILES string of the molecule is CC(C)COCCCNc1cccc(F)c1N. The highest BCUT2D eigenvalue weighted by atomic mass is 19.1. The van der Waals surface area contributed by atoms with Gasteiger partial charge in [0.15, 0.2) is 0 Å². The van der Waals surface area contributed by atoms with Gasteiger partial charge in [-0.1, -0.05) is 19.9 Å². The zero-order chi connectivity index (χ0) is 12.7. The molecule has 0 fully saturated rings. The predicted octanol–water partition coefficient (Wildman–Crippen LogP) is 2.88. The van der Waals surface area contributed by atoms with E-state index in [9.17, 15) is 4.39 Å². The smallest absolute Gasteiger partial charge is 0.148 e. The van der Waals surface area contributed by atoms with Crippen LogP contribution in [0.1, 0.15) is 20.3 Å². The van der Waals surface area contributed by atoms with Crippen molar-refractivity contribution in [3.8, 4) is 0 Å². The molecule has 3 nitrogen and oxygen atoms in total. The molecule has 0 bridgehead atoms. The molecule has 4 heteroatoms. The van der Waals surface area contributed by atoms with Crippen molar-refractivity contribution in [3.05, 3.63) is 24.0 Å². The van der Waals surface area contributed by atoms with E-state index in [2.05, 4.69) is 19.2 Å². The fourth-order valence-electron chi connectivity index (χ4n) is 1.41. The summed E-state index contributed by atoms with van der Waals surface area (Å²) in [6.45, 7) is 6.45. The van der Waals surface area contributed by atoms with Gasteiger partial charge in [0.2, 0.25) is 0 Å². The minimum absolute atomic E-state index is 0.176. The van der Waals surface area contributed by atoms with E-state index in [0.717, 1.165) is 19.6 Å². The molecule has 0 aliphatic heterocycles. The summed E-state index contributed by atoms with van der Waals surface area (Å²) in [7, 11) is 0. The normalized spacial score (nSPS) is 10.8. The number of rotatable bonds is 7. The van der Waals surface area contributed by atoms with E-state index in [0.29, 0.717) is 18.2 Å². The summed E-state index contributed by atoms with van der Waals surface area (Å²) in [6.07, 6.45) is 0.878. The number of ether oxygens (including phenoxy) is 1. The van der Waals surface area contributed by atoms with Crippen molar-refractivity contribution in [2.75, 3.05) is 30.8 Å².